The Hall–Kier alpha value is -3.53. The molecule has 0 aliphatic carbocycles. The van der Waals surface area contributed by atoms with Crippen LogP contribution in [0.15, 0.2) is 36.5 Å². The number of nitrogens with zero attached hydrogens (tertiary/aromatic N) is 4. The van der Waals surface area contributed by atoms with Crippen LogP contribution in [0.25, 0.3) is 10.9 Å². The molecule has 1 amide bonds. The Balaban J connectivity index is 1.70. The number of pyridine rings is 1. The number of ether oxygens (including phenoxy) is 1. The van der Waals surface area contributed by atoms with Gasteiger partial charge in [0.1, 0.15) is 17.6 Å². The van der Waals surface area contributed by atoms with Crippen molar-refractivity contribution in [2.75, 3.05) is 38.6 Å². The fourth-order valence-corrected chi connectivity index (χ4v) is 6.15. The van der Waals surface area contributed by atoms with E-state index in [2.05, 4.69) is 26.2 Å². The number of hydrogen-bond donors (Lipinski definition) is 4. The number of β-amino-alcohol motifs (C(OH)–C–C–N with tert-alkyl or cyclic N) is 2. The van der Waals surface area contributed by atoms with Crippen LogP contribution in [0.2, 0.25) is 5.02 Å². The Morgan fingerprint density at radius 1 is 1.24 bits per heavy atom. The van der Waals surface area contributed by atoms with E-state index >= 15 is 0 Å². The van der Waals surface area contributed by atoms with Gasteiger partial charge in [0.05, 0.1) is 47.1 Å². The predicted molar refractivity (Wildman–Crippen MR) is 152 cm³/mol. The maximum atomic E-state index is 13.8. The molecule has 3 aromatic rings. The van der Waals surface area contributed by atoms with Crippen molar-refractivity contribution in [3.8, 4) is 11.8 Å². The number of nitriles is 1. The van der Waals surface area contributed by atoms with Crippen LogP contribution in [0.4, 0.5) is 15.8 Å². The third-order valence-electron chi connectivity index (χ3n) is 7.87. The van der Waals surface area contributed by atoms with Crippen LogP contribution in [0.5, 0.6) is 5.75 Å². The number of benzene rings is 2. The van der Waals surface area contributed by atoms with E-state index in [4.69, 9.17) is 22.1 Å². The van der Waals surface area contributed by atoms with Gasteiger partial charge >= 0.3 is 0 Å². The summed E-state index contributed by atoms with van der Waals surface area (Å²) in [7, 11) is 1.55. The van der Waals surface area contributed by atoms with Crippen LogP contribution in [-0.4, -0.2) is 82.4 Å². The molecule has 1 aromatic heterocycles. The number of aliphatic hydroxyl groups is 2. The average Bonchev–Trinajstić information content (AvgIpc) is 3.57. The number of aliphatic hydroxyl groups excluding tert-OH is 2. The minimum atomic E-state index is -0.563. The Labute approximate surface area is 242 Å². The maximum Gasteiger partial charge on any atom is 0.219 e. The first-order chi connectivity index (χ1) is 19.7. The number of carbonyl (C=O) groups excluding carboxylic acids is 1. The lowest BCUT2D eigenvalue weighted by atomic mass is 9.91. The summed E-state index contributed by atoms with van der Waals surface area (Å²) in [6.45, 7) is 1.93. The van der Waals surface area contributed by atoms with Crippen molar-refractivity contribution in [3.05, 3.63) is 58.5 Å². The van der Waals surface area contributed by atoms with E-state index in [-0.39, 0.29) is 17.0 Å². The molecule has 5 rings (SSSR count). The van der Waals surface area contributed by atoms with Crippen LogP contribution < -0.4 is 15.8 Å². The number of amides is 1. The van der Waals surface area contributed by atoms with Gasteiger partial charge in [-0.15, -0.1) is 0 Å². The van der Waals surface area contributed by atoms with E-state index in [1.54, 1.807) is 13.2 Å². The Morgan fingerprint density at radius 2 is 1.95 bits per heavy atom. The lowest BCUT2D eigenvalue weighted by molar-refractivity contribution is -0.119. The summed E-state index contributed by atoms with van der Waals surface area (Å²) < 4.78 is 19.7. The smallest absolute Gasteiger partial charge is 0.219 e. The molecule has 4 atom stereocenters. The molecule has 2 aromatic carbocycles. The zero-order valence-corrected chi connectivity index (χ0v) is 23.3. The van der Waals surface area contributed by atoms with E-state index in [1.807, 2.05) is 6.07 Å². The quantitative estimate of drug-likeness (QED) is 0.299. The van der Waals surface area contributed by atoms with Crippen LogP contribution in [0.1, 0.15) is 36.4 Å². The number of anilines is 2. The highest BCUT2D eigenvalue weighted by Gasteiger charge is 2.41. The summed E-state index contributed by atoms with van der Waals surface area (Å²) in [6.07, 6.45) is 1.56. The number of halogens is 2. The first-order valence-electron chi connectivity index (χ1n) is 13.4. The summed E-state index contributed by atoms with van der Waals surface area (Å²) in [5.41, 5.74) is 8.21. The van der Waals surface area contributed by atoms with E-state index in [0.717, 1.165) is 5.56 Å². The molecule has 0 bridgehead atoms. The number of aromatic nitrogens is 1. The minimum absolute atomic E-state index is 0.0286. The van der Waals surface area contributed by atoms with Crippen LogP contribution in [0.3, 0.4) is 0 Å². The van der Waals surface area contributed by atoms with Crippen molar-refractivity contribution in [1.82, 2.24) is 14.8 Å². The van der Waals surface area contributed by atoms with Gasteiger partial charge < -0.3 is 26.0 Å². The van der Waals surface area contributed by atoms with E-state index in [0.29, 0.717) is 67.0 Å². The summed E-state index contributed by atoms with van der Waals surface area (Å²) in [5.74, 6) is -0.525. The molecule has 2 fully saturated rings. The van der Waals surface area contributed by atoms with E-state index < -0.39 is 36.0 Å². The van der Waals surface area contributed by atoms with Gasteiger partial charge in [-0.2, -0.15) is 5.26 Å². The molecule has 12 heteroatoms. The topological polar surface area (TPSA) is 148 Å². The van der Waals surface area contributed by atoms with E-state index in [1.165, 1.54) is 24.4 Å². The lowest BCUT2D eigenvalue weighted by Gasteiger charge is -2.40. The second-order valence-electron chi connectivity index (χ2n) is 10.6. The van der Waals surface area contributed by atoms with Crippen LogP contribution >= 0.6 is 11.6 Å². The Bertz CT molecular complexity index is 1500. The third-order valence-corrected chi connectivity index (χ3v) is 8.16. The van der Waals surface area contributed by atoms with Crippen molar-refractivity contribution in [2.45, 2.75) is 43.6 Å². The molecule has 0 saturated carbocycles. The molecule has 10 nitrogen and oxygen atoms in total. The molecule has 5 N–H and O–H groups in total. The normalized spacial score (nSPS) is 21.1. The second-order valence-corrected chi connectivity index (χ2v) is 11.0. The number of nitrogens with two attached hydrogens (primary N) is 1. The largest absolute Gasteiger partial charge is 0.496 e. The SMILES string of the molecule is COc1cc2ncc(C#N)c(Nc3ccc(F)c(Cl)c3)c2cc1C(C(CC(N)=O)N1CCC(O)C1)N1CCC(O)C1. The molecule has 4 unspecified atom stereocenters. The molecule has 41 heavy (non-hydrogen) atoms. The van der Waals surface area contributed by atoms with Crippen LogP contribution in [0, 0.1) is 17.1 Å². The fourth-order valence-electron chi connectivity index (χ4n) is 5.97. The van der Waals surface area contributed by atoms with Gasteiger partial charge in [0.2, 0.25) is 5.91 Å². The Kier molecular flexibility index (Phi) is 8.58. The van der Waals surface area contributed by atoms with Gasteiger partial charge in [0.15, 0.2) is 0 Å². The Morgan fingerprint density at radius 3 is 2.54 bits per heavy atom. The van der Waals surface area contributed by atoms with E-state index in [9.17, 15) is 24.7 Å². The fraction of sp³-hybridized carbons (Fsp3) is 0.414. The first kappa shape index (κ1) is 29.0. The molecule has 0 radical (unpaired) electrons. The van der Waals surface area contributed by atoms with Gasteiger partial charge in [0.25, 0.3) is 0 Å². The van der Waals surface area contributed by atoms with Crippen molar-refractivity contribution >= 4 is 39.8 Å². The number of rotatable bonds is 9. The zero-order chi connectivity index (χ0) is 29.3. The first-order valence-corrected chi connectivity index (χ1v) is 13.8. The van der Waals surface area contributed by atoms with Gasteiger partial charge in [-0.1, -0.05) is 11.6 Å². The number of likely N-dealkylation sites (tertiary alicyclic amines) is 2. The van der Waals surface area contributed by atoms with Gasteiger partial charge in [-0.3, -0.25) is 19.6 Å². The van der Waals surface area contributed by atoms with Crippen molar-refractivity contribution in [2.24, 2.45) is 5.73 Å². The average molecular weight is 583 g/mol. The van der Waals surface area contributed by atoms with Crippen molar-refractivity contribution in [3.63, 3.8) is 0 Å². The number of methoxy groups -OCH3 is 1. The standard InChI is InChI=1S/C29H32ClFN6O4/c1-41-26-10-24-20(28(16(12-32)13-34-24)35-17-2-3-23(31)22(30)8-17)9-21(26)29(37-7-5-19(39)15-37)25(11-27(33)40)36-6-4-18(38)14-36/h2-3,8-10,13,18-19,25,29,38-39H,4-7,11,14-15H2,1H3,(H2,33,40)(H,34,35). The molecular weight excluding hydrogens is 551 g/mol. The highest BCUT2D eigenvalue weighted by molar-refractivity contribution is 6.31. The molecule has 0 spiro atoms. The minimum Gasteiger partial charge on any atom is -0.496 e. The van der Waals surface area contributed by atoms with Crippen molar-refractivity contribution in [1.29, 1.82) is 5.26 Å². The summed E-state index contributed by atoms with van der Waals surface area (Å²) in [6, 6.07) is 9.16. The summed E-state index contributed by atoms with van der Waals surface area (Å²) in [4.78, 5) is 21.0. The number of hydrogen-bond acceptors (Lipinski definition) is 9. The lowest BCUT2D eigenvalue weighted by Crippen LogP contribution is -2.47. The van der Waals surface area contributed by atoms with Gasteiger partial charge in [0, 0.05) is 67.5 Å². The molecule has 2 saturated heterocycles. The number of carbonyl (C=O) groups is 1. The summed E-state index contributed by atoms with van der Waals surface area (Å²) in [5, 5.41) is 34.5. The second kappa shape index (κ2) is 12.1. The maximum absolute atomic E-state index is 13.8. The molecule has 2 aliphatic rings. The van der Waals surface area contributed by atoms with Crippen LogP contribution in [-0.2, 0) is 4.79 Å². The number of fused-ring (bicyclic) bond motifs is 1. The summed E-state index contributed by atoms with van der Waals surface area (Å²) >= 11 is 6.02. The zero-order valence-electron chi connectivity index (χ0n) is 22.6. The molecule has 2 aliphatic heterocycles. The predicted octanol–water partition coefficient (Wildman–Crippen LogP) is 3.07. The number of primary amides is 1. The molecule has 216 valence electrons. The molecule has 3 heterocycles. The number of nitrogens with one attached hydrogen (secondary N) is 1. The third kappa shape index (κ3) is 6.07. The van der Waals surface area contributed by atoms with Crippen molar-refractivity contribution < 1.29 is 24.1 Å². The highest BCUT2D eigenvalue weighted by Crippen LogP contribution is 2.42. The van der Waals surface area contributed by atoms with Gasteiger partial charge in [-0.25, -0.2) is 4.39 Å². The monoisotopic (exact) mass is 582 g/mol. The van der Waals surface area contributed by atoms with Gasteiger partial charge in [-0.05, 0) is 37.1 Å². The molecular formula is C29H32ClFN6O4. The highest BCUT2D eigenvalue weighted by atomic mass is 35.5.